The largest absolute Gasteiger partial charge is 0.352 e. The predicted octanol–water partition coefficient (Wildman–Crippen LogP) is 3.38. The molecule has 0 spiro atoms. The van der Waals surface area contributed by atoms with Gasteiger partial charge in [-0.15, -0.1) is 0 Å². The quantitative estimate of drug-likeness (QED) is 0.636. The van der Waals surface area contributed by atoms with Crippen molar-refractivity contribution in [2.24, 2.45) is 5.92 Å². The number of hydrogen-bond donors (Lipinski definition) is 1. The zero-order chi connectivity index (χ0) is 19.8. The molecule has 1 N–H and O–H groups in total. The van der Waals surface area contributed by atoms with Crippen LogP contribution in [0.5, 0.6) is 0 Å². The highest BCUT2D eigenvalue weighted by molar-refractivity contribution is 5.93. The predicted molar refractivity (Wildman–Crippen MR) is 105 cm³/mol. The first-order valence-corrected chi connectivity index (χ1v) is 9.79. The topological polar surface area (TPSA) is 62.3 Å². The molecule has 1 aliphatic carbocycles. The Balaban J connectivity index is 0.000000206. The van der Waals surface area contributed by atoms with Crippen molar-refractivity contribution in [3.63, 3.8) is 0 Å². The summed E-state index contributed by atoms with van der Waals surface area (Å²) in [7, 11) is 0. The van der Waals surface area contributed by atoms with Crippen LogP contribution in [0, 0.1) is 11.9 Å². The minimum absolute atomic E-state index is 0.276. The van der Waals surface area contributed by atoms with Crippen molar-refractivity contribution in [1.82, 2.24) is 15.2 Å². The number of nitrogens with zero attached hydrogens (tertiary/aromatic N) is 2. The Morgan fingerprint density at radius 2 is 1.86 bits per heavy atom. The fraction of sp³-hybridized carbons (Fsp3) is 0.409. The van der Waals surface area contributed by atoms with Crippen molar-refractivity contribution in [2.45, 2.75) is 31.6 Å². The van der Waals surface area contributed by atoms with Crippen molar-refractivity contribution in [3.8, 4) is 0 Å². The number of carbonyl (C=O) groups excluding carboxylic acids is 2. The maximum absolute atomic E-state index is 12.9. The number of hydrogen-bond acceptors (Lipinski definition) is 3. The molecule has 28 heavy (non-hydrogen) atoms. The fourth-order valence-electron chi connectivity index (χ4n) is 3.29. The van der Waals surface area contributed by atoms with Gasteiger partial charge in [0, 0.05) is 37.5 Å². The molecular formula is C22H26FN3O2. The summed E-state index contributed by atoms with van der Waals surface area (Å²) in [5.41, 5.74) is 1.80. The molecule has 0 radical (unpaired) electrons. The van der Waals surface area contributed by atoms with Crippen LogP contribution >= 0.6 is 0 Å². The van der Waals surface area contributed by atoms with Crippen LogP contribution in [0.1, 0.15) is 47.5 Å². The van der Waals surface area contributed by atoms with E-state index in [0.717, 1.165) is 44.3 Å². The van der Waals surface area contributed by atoms with Crippen LogP contribution in [0.15, 0.2) is 48.7 Å². The number of amides is 2. The SMILES string of the molecule is O=CN1CCC(CNC(=O)c2ccnc(F)c2)CC1.c1ccc(C2CC2)cc1. The molecule has 2 heterocycles. The van der Waals surface area contributed by atoms with Crippen molar-refractivity contribution in [2.75, 3.05) is 19.6 Å². The van der Waals surface area contributed by atoms with Crippen LogP contribution in [-0.2, 0) is 4.79 Å². The summed E-state index contributed by atoms with van der Waals surface area (Å²) >= 11 is 0. The standard InChI is InChI=1S/C13H16FN3O2.C9H10/c14-12-7-11(1-4-15-12)13(19)16-8-10-2-5-17(9-18)6-3-10;1-2-4-8(5-3-1)9-6-7-9/h1,4,7,9-10H,2-3,5-6,8H2,(H,16,19);1-5,9H,6-7H2. The Morgan fingerprint density at radius 3 is 2.46 bits per heavy atom. The maximum atomic E-state index is 12.9. The fourth-order valence-corrected chi connectivity index (χ4v) is 3.29. The molecule has 1 aliphatic heterocycles. The Hall–Kier alpha value is -2.76. The highest BCUT2D eigenvalue weighted by Crippen LogP contribution is 2.39. The molecule has 5 nitrogen and oxygen atoms in total. The Labute approximate surface area is 165 Å². The highest BCUT2D eigenvalue weighted by atomic mass is 19.1. The second kappa shape index (κ2) is 9.97. The van der Waals surface area contributed by atoms with Crippen molar-refractivity contribution in [3.05, 3.63) is 65.7 Å². The number of aromatic nitrogens is 1. The molecule has 2 amide bonds. The molecule has 0 bridgehead atoms. The van der Waals surface area contributed by atoms with Gasteiger partial charge in [0.1, 0.15) is 0 Å². The average molecular weight is 383 g/mol. The van der Waals surface area contributed by atoms with Crippen molar-refractivity contribution >= 4 is 12.3 Å². The summed E-state index contributed by atoms with van der Waals surface area (Å²) < 4.78 is 12.9. The van der Waals surface area contributed by atoms with Gasteiger partial charge in [0.05, 0.1) is 0 Å². The number of halogens is 1. The van der Waals surface area contributed by atoms with Crippen LogP contribution < -0.4 is 5.32 Å². The van der Waals surface area contributed by atoms with Crippen LogP contribution in [0.4, 0.5) is 4.39 Å². The third-order valence-corrected chi connectivity index (χ3v) is 5.19. The molecule has 6 heteroatoms. The number of likely N-dealkylation sites (tertiary alicyclic amines) is 1. The van der Waals surface area contributed by atoms with E-state index in [4.69, 9.17) is 0 Å². The van der Waals surface area contributed by atoms with Gasteiger partial charge in [-0.1, -0.05) is 30.3 Å². The number of rotatable bonds is 5. The molecule has 1 aromatic heterocycles. The molecule has 1 saturated carbocycles. The number of nitrogens with one attached hydrogen (secondary N) is 1. The third-order valence-electron chi connectivity index (χ3n) is 5.19. The molecule has 1 saturated heterocycles. The molecule has 2 aromatic rings. The molecule has 2 fully saturated rings. The summed E-state index contributed by atoms with van der Waals surface area (Å²) in [6, 6.07) is 13.3. The van der Waals surface area contributed by atoms with E-state index in [2.05, 4.69) is 40.6 Å². The summed E-state index contributed by atoms with van der Waals surface area (Å²) in [5.74, 6) is 0.323. The maximum Gasteiger partial charge on any atom is 0.251 e. The minimum Gasteiger partial charge on any atom is -0.352 e. The summed E-state index contributed by atoms with van der Waals surface area (Å²) in [6.45, 7) is 2.01. The lowest BCUT2D eigenvalue weighted by Crippen LogP contribution is -2.38. The van der Waals surface area contributed by atoms with E-state index in [1.54, 1.807) is 4.90 Å². The lowest BCUT2D eigenvalue weighted by molar-refractivity contribution is -0.119. The molecule has 0 unspecified atom stereocenters. The van der Waals surface area contributed by atoms with E-state index in [9.17, 15) is 14.0 Å². The number of benzene rings is 1. The van der Waals surface area contributed by atoms with Gasteiger partial charge >= 0.3 is 0 Å². The van der Waals surface area contributed by atoms with E-state index in [1.807, 2.05) is 0 Å². The number of piperidine rings is 1. The molecular weight excluding hydrogens is 357 g/mol. The summed E-state index contributed by atoms with van der Waals surface area (Å²) in [5, 5.41) is 2.79. The van der Waals surface area contributed by atoms with Gasteiger partial charge in [-0.2, -0.15) is 4.39 Å². The molecule has 2 aliphatic rings. The van der Waals surface area contributed by atoms with Gasteiger partial charge < -0.3 is 10.2 Å². The van der Waals surface area contributed by atoms with Gasteiger partial charge in [-0.05, 0) is 49.1 Å². The Morgan fingerprint density at radius 1 is 1.14 bits per heavy atom. The van der Waals surface area contributed by atoms with Crippen LogP contribution in [-0.4, -0.2) is 41.8 Å². The molecule has 148 valence electrons. The second-order valence-corrected chi connectivity index (χ2v) is 7.35. The monoisotopic (exact) mass is 383 g/mol. The van der Waals surface area contributed by atoms with Crippen molar-refractivity contribution in [1.29, 1.82) is 0 Å². The van der Waals surface area contributed by atoms with Crippen LogP contribution in [0.2, 0.25) is 0 Å². The van der Waals surface area contributed by atoms with Crippen molar-refractivity contribution < 1.29 is 14.0 Å². The molecule has 0 atom stereocenters. The molecule has 4 rings (SSSR count). The lowest BCUT2D eigenvalue weighted by atomic mass is 9.97. The Kier molecular flexibility index (Phi) is 7.12. The van der Waals surface area contributed by atoms with Crippen LogP contribution in [0.3, 0.4) is 0 Å². The number of pyridine rings is 1. The lowest BCUT2D eigenvalue weighted by Gasteiger charge is -2.29. The van der Waals surface area contributed by atoms with Gasteiger partial charge in [0.25, 0.3) is 5.91 Å². The van der Waals surface area contributed by atoms with E-state index >= 15 is 0 Å². The minimum atomic E-state index is -0.660. The normalized spacial score (nSPS) is 16.7. The first kappa shape index (κ1) is 20.0. The summed E-state index contributed by atoms with van der Waals surface area (Å²) in [6.07, 6.45) is 6.70. The van der Waals surface area contributed by atoms with Crippen LogP contribution in [0.25, 0.3) is 0 Å². The van der Waals surface area contributed by atoms with E-state index < -0.39 is 5.95 Å². The third kappa shape index (κ3) is 6.15. The summed E-state index contributed by atoms with van der Waals surface area (Å²) in [4.78, 5) is 27.5. The van der Waals surface area contributed by atoms with Gasteiger partial charge in [-0.25, -0.2) is 4.98 Å². The first-order valence-electron chi connectivity index (χ1n) is 9.79. The van der Waals surface area contributed by atoms with Gasteiger partial charge in [-0.3, -0.25) is 9.59 Å². The van der Waals surface area contributed by atoms with Gasteiger partial charge in [0.2, 0.25) is 12.4 Å². The zero-order valence-electron chi connectivity index (χ0n) is 15.9. The zero-order valence-corrected chi connectivity index (χ0v) is 15.9. The highest BCUT2D eigenvalue weighted by Gasteiger charge is 2.22. The second-order valence-electron chi connectivity index (χ2n) is 7.35. The smallest absolute Gasteiger partial charge is 0.251 e. The van der Waals surface area contributed by atoms with E-state index in [1.165, 1.54) is 30.7 Å². The first-order chi connectivity index (χ1) is 13.7. The Bertz CT molecular complexity index is 772. The molecule has 1 aromatic carbocycles. The van der Waals surface area contributed by atoms with Gasteiger partial charge in [0.15, 0.2) is 0 Å². The average Bonchev–Trinajstić information content (AvgIpc) is 3.59. The number of carbonyl (C=O) groups is 2. The van der Waals surface area contributed by atoms with E-state index in [-0.39, 0.29) is 11.5 Å². The van der Waals surface area contributed by atoms with E-state index in [0.29, 0.717) is 12.5 Å².